The Labute approximate surface area is 161 Å². The summed E-state index contributed by atoms with van der Waals surface area (Å²) in [6, 6.07) is 18.7. The molecule has 0 aromatic heterocycles. The molecule has 2 fully saturated rings. The molecule has 2 bridgehead atoms. The number of nitrogens with zero attached hydrogens (tertiary/aromatic N) is 1. The smallest absolute Gasteiger partial charge is 0.318 e. The van der Waals surface area contributed by atoms with Crippen molar-refractivity contribution in [1.82, 2.24) is 4.90 Å². The van der Waals surface area contributed by atoms with Crippen LogP contribution in [0.1, 0.15) is 42.7 Å². The second-order valence-electron chi connectivity index (χ2n) is 7.70. The van der Waals surface area contributed by atoms with E-state index in [2.05, 4.69) is 11.9 Å². The van der Waals surface area contributed by atoms with Gasteiger partial charge in [-0.2, -0.15) is 0 Å². The highest BCUT2D eigenvalue weighted by Crippen LogP contribution is 2.37. The average Bonchev–Trinajstić information content (AvgIpc) is 2.90. The van der Waals surface area contributed by atoms with Crippen LogP contribution < -0.4 is 4.74 Å². The summed E-state index contributed by atoms with van der Waals surface area (Å²) in [6.45, 7) is 0. The minimum Gasteiger partial charge on any atom is -0.497 e. The Bertz CT molecular complexity index is 760. The molecule has 2 saturated heterocycles. The number of hydrogen-bond donors (Lipinski definition) is 0. The van der Waals surface area contributed by atoms with Crippen LogP contribution in [0.2, 0.25) is 0 Å². The van der Waals surface area contributed by atoms with E-state index in [1.54, 1.807) is 7.11 Å². The highest BCUT2D eigenvalue weighted by atomic mass is 16.5. The van der Waals surface area contributed by atoms with Gasteiger partial charge in [0.2, 0.25) is 0 Å². The summed E-state index contributed by atoms with van der Waals surface area (Å²) in [6.07, 6.45) is 4.35. The van der Waals surface area contributed by atoms with Crippen molar-refractivity contribution in [2.45, 2.75) is 49.8 Å². The van der Waals surface area contributed by atoms with Gasteiger partial charge in [-0.3, -0.25) is 4.79 Å². The van der Waals surface area contributed by atoms with E-state index in [-0.39, 0.29) is 12.1 Å². The van der Waals surface area contributed by atoms with Crippen molar-refractivity contribution in [3.63, 3.8) is 0 Å². The minimum absolute atomic E-state index is 0.0238. The highest BCUT2D eigenvalue weighted by molar-refractivity contribution is 5.82. The highest BCUT2D eigenvalue weighted by Gasteiger charge is 2.40. The first-order valence-corrected chi connectivity index (χ1v) is 9.77. The summed E-state index contributed by atoms with van der Waals surface area (Å²) in [5.41, 5.74) is 1.89. The molecule has 0 N–H and O–H groups in total. The summed E-state index contributed by atoms with van der Waals surface area (Å²) in [4.78, 5) is 15.7. The zero-order valence-electron chi connectivity index (χ0n) is 16.0. The van der Waals surface area contributed by atoms with Crippen molar-refractivity contribution >= 4 is 5.97 Å². The molecule has 2 heterocycles. The third-order valence-corrected chi connectivity index (χ3v) is 6.16. The molecule has 3 atom stereocenters. The van der Waals surface area contributed by atoms with Crippen molar-refractivity contribution in [2.75, 3.05) is 14.2 Å². The Balaban J connectivity index is 1.55. The number of carbonyl (C=O) groups is 1. The molecule has 0 spiro atoms. The second-order valence-corrected chi connectivity index (χ2v) is 7.70. The van der Waals surface area contributed by atoms with Crippen molar-refractivity contribution < 1.29 is 14.3 Å². The third-order valence-electron chi connectivity index (χ3n) is 6.16. The van der Waals surface area contributed by atoms with Gasteiger partial charge in [-0.15, -0.1) is 0 Å². The third kappa shape index (κ3) is 3.72. The Hall–Kier alpha value is -2.33. The molecule has 27 heavy (non-hydrogen) atoms. The van der Waals surface area contributed by atoms with E-state index in [1.807, 2.05) is 54.6 Å². The van der Waals surface area contributed by atoms with E-state index in [4.69, 9.17) is 9.47 Å². The van der Waals surface area contributed by atoms with Crippen molar-refractivity contribution in [2.24, 2.45) is 0 Å². The molecule has 2 aromatic carbocycles. The zero-order valence-corrected chi connectivity index (χ0v) is 16.0. The number of hydrogen-bond acceptors (Lipinski definition) is 4. The van der Waals surface area contributed by atoms with Gasteiger partial charge in [-0.1, -0.05) is 42.5 Å². The number of piperidine rings is 1. The SMILES string of the molecule is COc1ccc(C(C(=O)OC2CC3CCC(C2)N3C)c2ccccc2)cc1. The molecule has 2 aliphatic heterocycles. The van der Waals surface area contributed by atoms with Crippen LogP contribution in [-0.2, 0) is 9.53 Å². The quantitative estimate of drug-likeness (QED) is 0.751. The Morgan fingerprint density at radius 3 is 2.15 bits per heavy atom. The van der Waals surface area contributed by atoms with E-state index in [1.165, 1.54) is 12.8 Å². The molecule has 4 heteroatoms. The zero-order chi connectivity index (χ0) is 18.8. The fraction of sp³-hybridized carbons (Fsp3) is 0.435. The lowest BCUT2D eigenvalue weighted by Crippen LogP contribution is -2.43. The lowest BCUT2D eigenvalue weighted by Gasteiger charge is -2.36. The topological polar surface area (TPSA) is 38.8 Å². The molecule has 142 valence electrons. The van der Waals surface area contributed by atoms with Gasteiger partial charge in [0.05, 0.1) is 7.11 Å². The minimum atomic E-state index is -0.408. The monoisotopic (exact) mass is 365 g/mol. The van der Waals surface area contributed by atoms with Gasteiger partial charge in [-0.25, -0.2) is 0 Å². The number of rotatable bonds is 5. The van der Waals surface area contributed by atoms with Crippen LogP contribution in [0.15, 0.2) is 54.6 Å². The van der Waals surface area contributed by atoms with Gasteiger partial charge in [-0.05, 0) is 56.0 Å². The second kappa shape index (κ2) is 7.73. The van der Waals surface area contributed by atoms with Crippen molar-refractivity contribution in [3.8, 4) is 5.75 Å². The Morgan fingerprint density at radius 1 is 0.963 bits per heavy atom. The molecule has 4 nitrogen and oxygen atoms in total. The first-order valence-electron chi connectivity index (χ1n) is 9.77. The average molecular weight is 365 g/mol. The van der Waals surface area contributed by atoms with Gasteiger partial charge in [0.25, 0.3) is 0 Å². The fourth-order valence-corrected chi connectivity index (χ4v) is 4.60. The normalized spacial score (nSPS) is 25.8. The molecule has 4 rings (SSSR count). The summed E-state index contributed by atoms with van der Waals surface area (Å²) >= 11 is 0. The van der Waals surface area contributed by atoms with E-state index >= 15 is 0 Å². The van der Waals surface area contributed by atoms with Crippen LogP contribution >= 0.6 is 0 Å². The first kappa shape index (κ1) is 18.1. The largest absolute Gasteiger partial charge is 0.497 e. The summed E-state index contributed by atoms with van der Waals surface area (Å²) in [7, 11) is 3.84. The molecule has 0 amide bonds. The van der Waals surface area contributed by atoms with E-state index in [0.29, 0.717) is 12.1 Å². The number of benzene rings is 2. The molecule has 3 unspecified atom stereocenters. The number of ether oxygens (including phenoxy) is 2. The first-order chi connectivity index (χ1) is 13.2. The van der Waals surface area contributed by atoms with Crippen molar-refractivity contribution in [1.29, 1.82) is 0 Å². The molecular weight excluding hydrogens is 338 g/mol. The van der Waals surface area contributed by atoms with Crippen LogP contribution in [0.5, 0.6) is 5.75 Å². The predicted octanol–water partition coefficient (Wildman–Crippen LogP) is 4.00. The molecule has 2 aliphatic rings. The van der Waals surface area contributed by atoms with Gasteiger partial charge in [0.15, 0.2) is 0 Å². The molecule has 0 aliphatic carbocycles. The molecular formula is C23H27NO3. The van der Waals surface area contributed by atoms with Crippen LogP contribution in [0.25, 0.3) is 0 Å². The van der Waals surface area contributed by atoms with Gasteiger partial charge < -0.3 is 14.4 Å². The Morgan fingerprint density at radius 2 is 1.56 bits per heavy atom. The van der Waals surface area contributed by atoms with Crippen LogP contribution in [0.4, 0.5) is 0 Å². The van der Waals surface area contributed by atoms with Crippen molar-refractivity contribution in [3.05, 3.63) is 65.7 Å². The van der Waals surface area contributed by atoms with E-state index in [0.717, 1.165) is 29.7 Å². The van der Waals surface area contributed by atoms with Crippen LogP contribution in [0, 0.1) is 0 Å². The molecule has 2 aromatic rings. The number of esters is 1. The summed E-state index contributed by atoms with van der Waals surface area (Å²) in [5.74, 6) is 0.223. The predicted molar refractivity (Wildman–Crippen MR) is 105 cm³/mol. The van der Waals surface area contributed by atoms with Gasteiger partial charge >= 0.3 is 5.97 Å². The molecule has 0 saturated carbocycles. The van der Waals surface area contributed by atoms with E-state index < -0.39 is 5.92 Å². The molecule has 0 radical (unpaired) electrons. The number of methoxy groups -OCH3 is 1. The maximum absolute atomic E-state index is 13.2. The fourth-order valence-electron chi connectivity index (χ4n) is 4.60. The number of carbonyl (C=O) groups excluding carboxylic acids is 1. The Kier molecular flexibility index (Phi) is 5.17. The van der Waals surface area contributed by atoms with Crippen LogP contribution in [-0.4, -0.2) is 43.2 Å². The van der Waals surface area contributed by atoms with Crippen LogP contribution in [0.3, 0.4) is 0 Å². The maximum atomic E-state index is 13.2. The number of fused-ring (bicyclic) bond motifs is 2. The maximum Gasteiger partial charge on any atom is 0.318 e. The van der Waals surface area contributed by atoms with E-state index in [9.17, 15) is 4.79 Å². The summed E-state index contributed by atoms with van der Waals surface area (Å²) in [5, 5.41) is 0. The van der Waals surface area contributed by atoms with Gasteiger partial charge in [0, 0.05) is 12.1 Å². The van der Waals surface area contributed by atoms with Gasteiger partial charge in [0.1, 0.15) is 17.8 Å². The lowest BCUT2D eigenvalue weighted by atomic mass is 9.91. The standard InChI is InChI=1S/C23H27NO3/c1-24-18-10-11-19(24)15-21(14-18)27-23(25)22(16-6-4-3-5-7-16)17-8-12-20(26-2)13-9-17/h3-9,12-13,18-19,21-22H,10-11,14-15H2,1-2H3. The lowest BCUT2D eigenvalue weighted by molar-refractivity contribution is -0.153. The summed E-state index contributed by atoms with van der Waals surface area (Å²) < 4.78 is 11.3.